The molecule has 138 valence electrons. The Kier molecular flexibility index (Phi) is 4.50. The molecule has 0 unspecified atom stereocenters. The third kappa shape index (κ3) is 3.48. The van der Waals surface area contributed by atoms with Crippen molar-refractivity contribution in [3.8, 4) is 0 Å². The van der Waals surface area contributed by atoms with Gasteiger partial charge in [-0.15, -0.1) is 0 Å². The molecule has 0 atom stereocenters. The van der Waals surface area contributed by atoms with Crippen molar-refractivity contribution in [2.24, 2.45) is 0 Å². The molecular weight excluding hydrogens is 346 g/mol. The van der Waals surface area contributed by atoms with Gasteiger partial charge < -0.3 is 15.0 Å². The molecule has 7 nitrogen and oxygen atoms in total. The first-order chi connectivity index (χ1) is 13.1. The molecule has 7 heteroatoms. The van der Waals surface area contributed by atoms with Crippen LogP contribution in [-0.2, 0) is 9.53 Å². The van der Waals surface area contributed by atoms with Crippen molar-refractivity contribution in [1.29, 1.82) is 0 Å². The Labute approximate surface area is 156 Å². The number of nitrogens with zero attached hydrogens (tertiary/aromatic N) is 2. The zero-order valence-corrected chi connectivity index (χ0v) is 14.7. The van der Waals surface area contributed by atoms with Crippen LogP contribution < -0.4 is 15.1 Å². The Balaban J connectivity index is 1.46. The fraction of sp³-hybridized carbons (Fsp3) is 0.250. The number of ether oxygens (including phenoxy) is 1. The molecule has 0 spiro atoms. The van der Waals surface area contributed by atoms with Crippen LogP contribution in [0, 0.1) is 0 Å². The second-order valence-corrected chi connectivity index (χ2v) is 6.47. The Hall–Kier alpha value is -3.35. The van der Waals surface area contributed by atoms with Gasteiger partial charge in [0.1, 0.15) is 6.61 Å². The zero-order chi connectivity index (χ0) is 18.8. The summed E-state index contributed by atoms with van der Waals surface area (Å²) in [4.78, 5) is 39.3. The molecule has 27 heavy (non-hydrogen) atoms. The average Bonchev–Trinajstić information content (AvgIpc) is 3.30. The van der Waals surface area contributed by atoms with Crippen molar-refractivity contribution in [2.75, 3.05) is 34.8 Å². The van der Waals surface area contributed by atoms with E-state index in [1.807, 2.05) is 6.07 Å². The molecule has 2 aromatic carbocycles. The van der Waals surface area contributed by atoms with E-state index in [-0.39, 0.29) is 17.9 Å². The monoisotopic (exact) mass is 365 g/mol. The van der Waals surface area contributed by atoms with Crippen LogP contribution in [0.4, 0.5) is 21.9 Å². The fourth-order valence-corrected chi connectivity index (χ4v) is 3.29. The largest absolute Gasteiger partial charge is 0.447 e. The highest BCUT2D eigenvalue weighted by Gasteiger charge is 2.24. The maximum Gasteiger partial charge on any atom is 0.414 e. The number of amides is 3. The van der Waals surface area contributed by atoms with Crippen molar-refractivity contribution in [3.63, 3.8) is 0 Å². The van der Waals surface area contributed by atoms with Crippen LogP contribution in [-0.4, -0.2) is 37.6 Å². The van der Waals surface area contributed by atoms with Crippen LogP contribution in [0.2, 0.25) is 0 Å². The Morgan fingerprint density at radius 3 is 2.44 bits per heavy atom. The standard InChI is InChI=1S/C20H19N3O4/c24-18-5-2-10-22(18)17-4-1-3-14(13-17)19(25)21-15-6-8-16(9-7-15)23-11-12-27-20(23)26/h1,3-4,6-9,13H,2,5,10-12H2,(H,21,25). The summed E-state index contributed by atoms with van der Waals surface area (Å²) < 4.78 is 4.92. The summed E-state index contributed by atoms with van der Waals surface area (Å²) in [6.07, 6.45) is 1.03. The van der Waals surface area contributed by atoms with Crippen LogP contribution in [0.5, 0.6) is 0 Å². The van der Waals surface area contributed by atoms with E-state index in [0.29, 0.717) is 37.4 Å². The van der Waals surface area contributed by atoms with Crippen molar-refractivity contribution in [1.82, 2.24) is 0 Å². The lowest BCUT2D eigenvalue weighted by molar-refractivity contribution is -0.117. The highest BCUT2D eigenvalue weighted by molar-refractivity contribution is 6.06. The SMILES string of the molecule is O=C(Nc1ccc(N2CCOC2=O)cc1)c1cccc(N2CCCC2=O)c1. The molecule has 2 fully saturated rings. The molecule has 0 saturated carbocycles. The lowest BCUT2D eigenvalue weighted by Gasteiger charge is -2.16. The van der Waals surface area contributed by atoms with E-state index in [2.05, 4.69) is 5.32 Å². The van der Waals surface area contributed by atoms with Gasteiger partial charge in [-0.05, 0) is 48.9 Å². The third-order valence-corrected chi connectivity index (χ3v) is 4.69. The Bertz CT molecular complexity index is 894. The topological polar surface area (TPSA) is 79.0 Å². The van der Waals surface area contributed by atoms with Gasteiger partial charge in [-0.3, -0.25) is 14.5 Å². The molecule has 0 radical (unpaired) electrons. The summed E-state index contributed by atoms with van der Waals surface area (Å²) in [7, 11) is 0. The second-order valence-electron chi connectivity index (χ2n) is 6.47. The molecule has 2 saturated heterocycles. The van der Waals surface area contributed by atoms with Gasteiger partial charge in [0.25, 0.3) is 5.91 Å². The molecule has 1 N–H and O–H groups in total. The van der Waals surface area contributed by atoms with E-state index in [9.17, 15) is 14.4 Å². The lowest BCUT2D eigenvalue weighted by Crippen LogP contribution is -2.24. The second kappa shape index (κ2) is 7.11. The van der Waals surface area contributed by atoms with E-state index >= 15 is 0 Å². The van der Waals surface area contributed by atoms with Crippen LogP contribution >= 0.6 is 0 Å². The fourth-order valence-electron chi connectivity index (χ4n) is 3.29. The molecule has 0 bridgehead atoms. The molecule has 2 heterocycles. The molecule has 0 aliphatic carbocycles. The van der Waals surface area contributed by atoms with E-state index in [4.69, 9.17) is 4.74 Å². The van der Waals surface area contributed by atoms with Crippen LogP contribution in [0.15, 0.2) is 48.5 Å². The predicted molar refractivity (Wildman–Crippen MR) is 101 cm³/mol. The van der Waals surface area contributed by atoms with Crippen LogP contribution in [0.3, 0.4) is 0 Å². The third-order valence-electron chi connectivity index (χ3n) is 4.69. The van der Waals surface area contributed by atoms with Crippen molar-refractivity contribution in [2.45, 2.75) is 12.8 Å². The average molecular weight is 365 g/mol. The minimum absolute atomic E-state index is 0.0867. The smallest absolute Gasteiger partial charge is 0.414 e. The number of carbonyl (C=O) groups excluding carboxylic acids is 3. The zero-order valence-electron chi connectivity index (χ0n) is 14.7. The van der Waals surface area contributed by atoms with E-state index in [1.54, 1.807) is 52.3 Å². The van der Waals surface area contributed by atoms with Crippen molar-refractivity contribution < 1.29 is 19.1 Å². The quantitative estimate of drug-likeness (QED) is 0.903. The molecule has 2 aliphatic heterocycles. The summed E-state index contributed by atoms with van der Waals surface area (Å²) in [6, 6.07) is 14.1. The minimum atomic E-state index is -0.361. The number of rotatable bonds is 4. The number of cyclic esters (lactones) is 1. The number of hydrogen-bond donors (Lipinski definition) is 1. The molecule has 2 aliphatic rings. The highest BCUT2D eigenvalue weighted by Crippen LogP contribution is 2.24. The molecule has 0 aromatic heterocycles. The van der Waals surface area contributed by atoms with Gasteiger partial charge in [-0.25, -0.2) is 4.79 Å². The molecule has 4 rings (SSSR count). The molecule has 3 amide bonds. The van der Waals surface area contributed by atoms with Gasteiger partial charge in [0.15, 0.2) is 0 Å². The first-order valence-corrected chi connectivity index (χ1v) is 8.88. The number of anilines is 3. The van der Waals surface area contributed by atoms with Gasteiger partial charge in [0.2, 0.25) is 5.91 Å². The molecular formula is C20H19N3O4. The van der Waals surface area contributed by atoms with Gasteiger partial charge in [-0.2, -0.15) is 0 Å². The van der Waals surface area contributed by atoms with E-state index in [0.717, 1.165) is 17.8 Å². The normalized spacial score (nSPS) is 16.6. The van der Waals surface area contributed by atoms with Gasteiger partial charge in [0, 0.05) is 35.6 Å². The summed E-state index contributed by atoms with van der Waals surface area (Å²) in [6.45, 7) is 1.59. The van der Waals surface area contributed by atoms with Crippen LogP contribution in [0.1, 0.15) is 23.2 Å². The highest BCUT2D eigenvalue weighted by atomic mass is 16.6. The number of carbonyl (C=O) groups is 3. The van der Waals surface area contributed by atoms with Gasteiger partial charge in [-0.1, -0.05) is 6.07 Å². The first-order valence-electron chi connectivity index (χ1n) is 8.88. The summed E-state index contributed by atoms with van der Waals surface area (Å²) >= 11 is 0. The van der Waals surface area contributed by atoms with E-state index < -0.39 is 0 Å². The Morgan fingerprint density at radius 1 is 0.963 bits per heavy atom. The van der Waals surface area contributed by atoms with Gasteiger partial charge >= 0.3 is 6.09 Å². The maximum absolute atomic E-state index is 12.6. The lowest BCUT2D eigenvalue weighted by atomic mass is 10.1. The molecule has 2 aromatic rings. The summed E-state index contributed by atoms with van der Waals surface area (Å²) in [5, 5.41) is 2.84. The predicted octanol–water partition coefficient (Wildman–Crippen LogP) is 3.02. The van der Waals surface area contributed by atoms with E-state index in [1.165, 1.54) is 0 Å². The van der Waals surface area contributed by atoms with Crippen molar-refractivity contribution in [3.05, 3.63) is 54.1 Å². The minimum Gasteiger partial charge on any atom is -0.447 e. The summed E-state index contributed by atoms with van der Waals surface area (Å²) in [5.74, 6) is -0.166. The first kappa shape index (κ1) is 17.1. The number of hydrogen-bond acceptors (Lipinski definition) is 4. The maximum atomic E-state index is 12.6. The number of benzene rings is 2. The van der Waals surface area contributed by atoms with Crippen LogP contribution in [0.25, 0.3) is 0 Å². The number of nitrogens with one attached hydrogen (secondary N) is 1. The van der Waals surface area contributed by atoms with Gasteiger partial charge in [0.05, 0.1) is 6.54 Å². The Morgan fingerprint density at radius 2 is 1.78 bits per heavy atom. The summed E-state index contributed by atoms with van der Waals surface area (Å²) in [5.41, 5.74) is 2.58. The van der Waals surface area contributed by atoms with Crippen molar-refractivity contribution >= 4 is 35.0 Å².